The minimum Gasteiger partial charge on any atom is -0.373 e. The standard InChI is InChI=1S/C15H20N2O/c18-15(16-9-3-4-11-7-8-11)14-10-12-5-1-2-6-13(12)17-14/h1-2,5-6,11,14,17H,3-4,7-10H2,(H,16,18)/t14-/m0/s1. The molecule has 0 unspecified atom stereocenters. The molecule has 1 atom stereocenters. The van der Waals surface area contributed by atoms with Gasteiger partial charge in [-0.3, -0.25) is 4.79 Å². The van der Waals surface area contributed by atoms with E-state index < -0.39 is 0 Å². The molecule has 0 saturated heterocycles. The van der Waals surface area contributed by atoms with Gasteiger partial charge in [0, 0.05) is 18.7 Å². The predicted octanol–water partition coefficient (Wildman–Crippen LogP) is 2.33. The van der Waals surface area contributed by atoms with E-state index in [1.807, 2.05) is 18.2 Å². The van der Waals surface area contributed by atoms with Gasteiger partial charge in [-0.2, -0.15) is 0 Å². The first-order chi connectivity index (χ1) is 8.83. The van der Waals surface area contributed by atoms with Gasteiger partial charge in [-0.15, -0.1) is 0 Å². The van der Waals surface area contributed by atoms with Gasteiger partial charge in [-0.25, -0.2) is 0 Å². The van der Waals surface area contributed by atoms with E-state index >= 15 is 0 Å². The largest absolute Gasteiger partial charge is 0.373 e. The number of para-hydroxylation sites is 1. The van der Waals surface area contributed by atoms with Crippen molar-refractivity contribution in [2.24, 2.45) is 5.92 Å². The monoisotopic (exact) mass is 244 g/mol. The van der Waals surface area contributed by atoms with Gasteiger partial charge in [0.05, 0.1) is 0 Å². The fourth-order valence-corrected chi connectivity index (χ4v) is 2.59. The fraction of sp³-hybridized carbons (Fsp3) is 0.533. The summed E-state index contributed by atoms with van der Waals surface area (Å²) < 4.78 is 0. The van der Waals surface area contributed by atoms with Crippen molar-refractivity contribution >= 4 is 11.6 Å². The Labute approximate surface area is 108 Å². The van der Waals surface area contributed by atoms with Gasteiger partial charge in [-0.05, 0) is 30.4 Å². The molecule has 2 N–H and O–H groups in total. The molecule has 0 radical (unpaired) electrons. The Morgan fingerprint density at radius 2 is 2.17 bits per heavy atom. The topological polar surface area (TPSA) is 41.1 Å². The number of amides is 1. The zero-order valence-electron chi connectivity index (χ0n) is 10.6. The number of hydrogen-bond donors (Lipinski definition) is 2. The first kappa shape index (κ1) is 11.6. The molecule has 1 aliphatic heterocycles. The molecule has 3 heteroatoms. The van der Waals surface area contributed by atoms with E-state index in [1.54, 1.807) is 0 Å². The van der Waals surface area contributed by atoms with Crippen LogP contribution in [0.3, 0.4) is 0 Å². The van der Waals surface area contributed by atoms with E-state index in [0.717, 1.165) is 31.0 Å². The molecule has 1 amide bonds. The minimum absolute atomic E-state index is 0.0803. The van der Waals surface area contributed by atoms with Crippen molar-refractivity contribution in [3.05, 3.63) is 29.8 Å². The summed E-state index contributed by atoms with van der Waals surface area (Å²) in [7, 11) is 0. The highest BCUT2D eigenvalue weighted by atomic mass is 16.2. The summed E-state index contributed by atoms with van der Waals surface area (Å²) in [5.41, 5.74) is 2.35. The van der Waals surface area contributed by atoms with E-state index in [0.29, 0.717) is 0 Å². The summed E-state index contributed by atoms with van der Waals surface area (Å²) in [4.78, 5) is 12.0. The highest BCUT2D eigenvalue weighted by Crippen LogP contribution is 2.33. The van der Waals surface area contributed by atoms with Crippen LogP contribution in [0.15, 0.2) is 24.3 Å². The predicted molar refractivity (Wildman–Crippen MR) is 72.5 cm³/mol. The fourth-order valence-electron chi connectivity index (χ4n) is 2.59. The average molecular weight is 244 g/mol. The van der Waals surface area contributed by atoms with Crippen molar-refractivity contribution in [2.45, 2.75) is 38.1 Å². The van der Waals surface area contributed by atoms with Gasteiger partial charge in [0.2, 0.25) is 5.91 Å². The first-order valence-electron chi connectivity index (χ1n) is 6.95. The van der Waals surface area contributed by atoms with Crippen LogP contribution in [0.25, 0.3) is 0 Å². The Balaban J connectivity index is 1.43. The number of fused-ring (bicyclic) bond motifs is 1. The molecular weight excluding hydrogens is 224 g/mol. The van der Waals surface area contributed by atoms with Crippen molar-refractivity contribution in [3.8, 4) is 0 Å². The maximum Gasteiger partial charge on any atom is 0.242 e. The number of nitrogens with one attached hydrogen (secondary N) is 2. The lowest BCUT2D eigenvalue weighted by atomic mass is 10.1. The van der Waals surface area contributed by atoms with Crippen molar-refractivity contribution in [2.75, 3.05) is 11.9 Å². The SMILES string of the molecule is O=C(NCCCC1CC1)[C@@H]1Cc2ccccc2N1. The van der Waals surface area contributed by atoms with Crippen LogP contribution in [0.1, 0.15) is 31.2 Å². The number of carbonyl (C=O) groups excluding carboxylic acids is 1. The molecule has 1 aliphatic carbocycles. The molecule has 1 heterocycles. The Morgan fingerprint density at radius 1 is 1.33 bits per heavy atom. The van der Waals surface area contributed by atoms with Gasteiger partial charge >= 0.3 is 0 Å². The first-order valence-corrected chi connectivity index (χ1v) is 6.95. The second kappa shape index (κ2) is 5.01. The van der Waals surface area contributed by atoms with Crippen LogP contribution in [-0.4, -0.2) is 18.5 Å². The van der Waals surface area contributed by atoms with Crippen molar-refractivity contribution in [1.29, 1.82) is 0 Å². The molecule has 0 aromatic heterocycles. The Hall–Kier alpha value is -1.51. The van der Waals surface area contributed by atoms with Gasteiger partial charge < -0.3 is 10.6 Å². The third-order valence-corrected chi connectivity index (χ3v) is 3.87. The quantitative estimate of drug-likeness (QED) is 0.781. The Morgan fingerprint density at radius 3 is 2.94 bits per heavy atom. The molecule has 18 heavy (non-hydrogen) atoms. The van der Waals surface area contributed by atoms with Crippen molar-refractivity contribution in [1.82, 2.24) is 5.32 Å². The van der Waals surface area contributed by atoms with Crippen LogP contribution in [0, 0.1) is 5.92 Å². The van der Waals surface area contributed by atoms with Crippen LogP contribution >= 0.6 is 0 Å². The van der Waals surface area contributed by atoms with E-state index in [9.17, 15) is 4.79 Å². The van der Waals surface area contributed by atoms with Crippen molar-refractivity contribution in [3.63, 3.8) is 0 Å². The maximum atomic E-state index is 12.0. The maximum absolute atomic E-state index is 12.0. The molecule has 1 saturated carbocycles. The molecule has 3 rings (SSSR count). The van der Waals surface area contributed by atoms with Crippen molar-refractivity contribution < 1.29 is 4.79 Å². The lowest BCUT2D eigenvalue weighted by Crippen LogP contribution is -2.38. The molecule has 1 fully saturated rings. The summed E-state index contributed by atoms with van der Waals surface area (Å²) in [6, 6.07) is 8.07. The minimum atomic E-state index is -0.0803. The molecule has 1 aromatic rings. The lowest BCUT2D eigenvalue weighted by Gasteiger charge is -2.11. The molecular formula is C15H20N2O. The van der Waals surface area contributed by atoms with Crippen LogP contribution < -0.4 is 10.6 Å². The number of benzene rings is 1. The zero-order chi connectivity index (χ0) is 12.4. The van der Waals surface area contributed by atoms with E-state index in [-0.39, 0.29) is 11.9 Å². The average Bonchev–Trinajstić information content (AvgIpc) is 3.10. The number of rotatable bonds is 5. The Bertz CT molecular complexity index is 415. The number of anilines is 1. The third kappa shape index (κ3) is 2.66. The summed E-state index contributed by atoms with van der Waals surface area (Å²) in [5.74, 6) is 1.10. The molecule has 1 aromatic carbocycles. The number of hydrogen-bond acceptors (Lipinski definition) is 2. The molecule has 0 bridgehead atoms. The van der Waals surface area contributed by atoms with Crippen LogP contribution in [0.2, 0.25) is 0 Å². The second-order valence-corrected chi connectivity index (χ2v) is 5.43. The summed E-state index contributed by atoms with van der Waals surface area (Å²) in [5, 5.41) is 6.33. The smallest absolute Gasteiger partial charge is 0.242 e. The molecule has 96 valence electrons. The zero-order valence-corrected chi connectivity index (χ0v) is 10.6. The van der Waals surface area contributed by atoms with E-state index in [1.165, 1.54) is 24.8 Å². The van der Waals surface area contributed by atoms with Crippen LogP contribution in [0.4, 0.5) is 5.69 Å². The van der Waals surface area contributed by atoms with Crippen LogP contribution in [-0.2, 0) is 11.2 Å². The van der Waals surface area contributed by atoms with Gasteiger partial charge in [-0.1, -0.05) is 31.0 Å². The summed E-state index contributed by atoms with van der Waals surface area (Å²) in [6.07, 6.45) is 6.00. The molecule has 2 aliphatic rings. The number of carbonyl (C=O) groups is 1. The molecule has 0 spiro atoms. The summed E-state index contributed by atoms with van der Waals surface area (Å²) >= 11 is 0. The van der Waals surface area contributed by atoms with Crippen LogP contribution in [0.5, 0.6) is 0 Å². The lowest BCUT2D eigenvalue weighted by molar-refractivity contribution is -0.121. The van der Waals surface area contributed by atoms with E-state index in [4.69, 9.17) is 0 Å². The van der Waals surface area contributed by atoms with Gasteiger partial charge in [0.25, 0.3) is 0 Å². The summed E-state index contributed by atoms with van der Waals surface area (Å²) in [6.45, 7) is 0.823. The Kier molecular flexibility index (Phi) is 3.22. The van der Waals surface area contributed by atoms with Gasteiger partial charge in [0.15, 0.2) is 0 Å². The van der Waals surface area contributed by atoms with Gasteiger partial charge in [0.1, 0.15) is 6.04 Å². The highest BCUT2D eigenvalue weighted by molar-refractivity contribution is 5.87. The third-order valence-electron chi connectivity index (χ3n) is 3.87. The second-order valence-electron chi connectivity index (χ2n) is 5.43. The normalized spacial score (nSPS) is 21.2. The highest BCUT2D eigenvalue weighted by Gasteiger charge is 2.26. The van der Waals surface area contributed by atoms with E-state index in [2.05, 4.69) is 16.7 Å². The molecule has 3 nitrogen and oxygen atoms in total.